The van der Waals surface area contributed by atoms with Gasteiger partial charge >= 0.3 is 0 Å². The molecule has 31 heavy (non-hydrogen) atoms. The van der Waals surface area contributed by atoms with Gasteiger partial charge in [-0.3, -0.25) is 9.10 Å². The Labute approximate surface area is 191 Å². The van der Waals surface area contributed by atoms with Gasteiger partial charge < -0.3 is 10.1 Å². The van der Waals surface area contributed by atoms with Gasteiger partial charge in [0.2, 0.25) is 15.9 Å². The fraction of sp³-hybridized carbons (Fsp3) is 0.227. The van der Waals surface area contributed by atoms with E-state index in [0.717, 1.165) is 21.3 Å². The minimum absolute atomic E-state index is 0.198. The third-order valence-electron chi connectivity index (χ3n) is 4.65. The summed E-state index contributed by atoms with van der Waals surface area (Å²) in [6, 6.07) is 17.0. The summed E-state index contributed by atoms with van der Waals surface area (Å²) in [7, 11) is -3.75. The molecule has 0 heterocycles. The monoisotopic (exact) mass is 480 g/mol. The predicted octanol–water partition coefficient (Wildman–Crippen LogP) is 4.50. The molecule has 0 aliphatic heterocycles. The Hall–Kier alpha value is -2.48. The van der Waals surface area contributed by atoms with Crippen LogP contribution in [0.3, 0.4) is 0 Å². The third-order valence-corrected chi connectivity index (χ3v) is 6.64. The van der Waals surface area contributed by atoms with E-state index in [1.807, 2.05) is 42.5 Å². The van der Waals surface area contributed by atoms with Crippen LogP contribution in [0.1, 0.15) is 6.92 Å². The SMILES string of the molecule is CC(C(=O)NCCOc1cccc2ccccc12)N(c1ccc(Cl)c(Cl)c1)S(C)(=O)=O. The molecule has 1 unspecified atom stereocenters. The number of ether oxygens (including phenoxy) is 1. The number of carbonyl (C=O) groups excluding carboxylic acids is 1. The van der Waals surface area contributed by atoms with Crippen LogP contribution in [0.2, 0.25) is 10.0 Å². The lowest BCUT2D eigenvalue weighted by atomic mass is 10.1. The second-order valence-electron chi connectivity index (χ2n) is 6.95. The number of benzene rings is 3. The van der Waals surface area contributed by atoms with Gasteiger partial charge in [0.25, 0.3) is 0 Å². The number of carbonyl (C=O) groups is 1. The lowest BCUT2D eigenvalue weighted by molar-refractivity contribution is -0.121. The van der Waals surface area contributed by atoms with Crippen LogP contribution in [0.25, 0.3) is 10.8 Å². The van der Waals surface area contributed by atoms with E-state index >= 15 is 0 Å². The molecule has 0 bridgehead atoms. The van der Waals surface area contributed by atoms with Crippen LogP contribution in [0.15, 0.2) is 60.7 Å². The molecule has 0 spiro atoms. The number of nitrogens with one attached hydrogen (secondary N) is 1. The Kier molecular flexibility index (Phi) is 7.30. The largest absolute Gasteiger partial charge is 0.491 e. The Morgan fingerprint density at radius 3 is 2.48 bits per heavy atom. The maximum Gasteiger partial charge on any atom is 0.243 e. The summed E-state index contributed by atoms with van der Waals surface area (Å²) < 4.78 is 31.5. The molecule has 3 aromatic rings. The Morgan fingerprint density at radius 2 is 1.77 bits per heavy atom. The molecule has 0 aliphatic rings. The maximum atomic E-state index is 12.6. The van der Waals surface area contributed by atoms with E-state index < -0.39 is 22.0 Å². The summed E-state index contributed by atoms with van der Waals surface area (Å²) in [6.45, 7) is 1.95. The van der Waals surface area contributed by atoms with E-state index in [2.05, 4.69) is 5.32 Å². The number of hydrogen-bond donors (Lipinski definition) is 1. The summed E-state index contributed by atoms with van der Waals surface area (Å²) in [5.41, 5.74) is 0.256. The first-order chi connectivity index (χ1) is 14.7. The predicted molar refractivity (Wildman–Crippen MR) is 126 cm³/mol. The van der Waals surface area contributed by atoms with Crippen molar-refractivity contribution in [1.82, 2.24) is 5.32 Å². The minimum Gasteiger partial charge on any atom is -0.491 e. The Bertz CT molecular complexity index is 1200. The van der Waals surface area contributed by atoms with Gasteiger partial charge in [0.15, 0.2) is 0 Å². The van der Waals surface area contributed by atoms with Crippen molar-refractivity contribution in [3.8, 4) is 5.75 Å². The number of rotatable bonds is 8. The average molecular weight is 481 g/mol. The summed E-state index contributed by atoms with van der Waals surface area (Å²) in [5.74, 6) is 0.256. The average Bonchev–Trinajstić information content (AvgIpc) is 2.72. The molecule has 1 atom stereocenters. The van der Waals surface area contributed by atoms with Gasteiger partial charge in [-0.25, -0.2) is 8.42 Å². The molecule has 0 saturated heterocycles. The summed E-state index contributed by atoms with van der Waals surface area (Å²) >= 11 is 11.9. The number of nitrogens with zero attached hydrogens (tertiary/aromatic N) is 1. The Balaban J connectivity index is 1.65. The van der Waals surface area contributed by atoms with Gasteiger partial charge in [-0.2, -0.15) is 0 Å². The normalized spacial score (nSPS) is 12.4. The maximum absolute atomic E-state index is 12.6. The smallest absolute Gasteiger partial charge is 0.243 e. The lowest BCUT2D eigenvalue weighted by Gasteiger charge is -2.28. The van der Waals surface area contributed by atoms with Crippen LogP contribution in [0.5, 0.6) is 5.75 Å². The first-order valence-corrected chi connectivity index (χ1v) is 12.1. The van der Waals surface area contributed by atoms with Crippen molar-refractivity contribution in [1.29, 1.82) is 0 Å². The van der Waals surface area contributed by atoms with E-state index in [-0.39, 0.29) is 23.9 Å². The number of fused-ring (bicyclic) bond motifs is 1. The fourth-order valence-electron chi connectivity index (χ4n) is 3.24. The molecule has 6 nitrogen and oxygen atoms in total. The lowest BCUT2D eigenvalue weighted by Crippen LogP contribution is -2.48. The highest BCUT2D eigenvalue weighted by Crippen LogP contribution is 2.29. The molecule has 3 rings (SSSR count). The number of amides is 1. The van der Waals surface area contributed by atoms with Gasteiger partial charge in [-0.15, -0.1) is 0 Å². The zero-order chi connectivity index (χ0) is 22.6. The second-order valence-corrected chi connectivity index (χ2v) is 9.62. The van der Waals surface area contributed by atoms with Crippen LogP contribution in [-0.2, 0) is 14.8 Å². The molecule has 3 aromatic carbocycles. The highest BCUT2D eigenvalue weighted by Gasteiger charge is 2.29. The van der Waals surface area contributed by atoms with Gasteiger partial charge in [-0.05, 0) is 36.6 Å². The molecular formula is C22H22Cl2N2O4S. The van der Waals surface area contributed by atoms with Gasteiger partial charge in [0.05, 0.1) is 28.5 Å². The molecular weight excluding hydrogens is 459 g/mol. The Morgan fingerprint density at radius 1 is 1.06 bits per heavy atom. The second kappa shape index (κ2) is 9.77. The van der Waals surface area contributed by atoms with Crippen molar-refractivity contribution in [3.63, 3.8) is 0 Å². The van der Waals surface area contributed by atoms with Crippen molar-refractivity contribution >= 4 is 55.6 Å². The van der Waals surface area contributed by atoms with Gasteiger partial charge in [0, 0.05) is 5.39 Å². The molecule has 0 radical (unpaired) electrons. The van der Waals surface area contributed by atoms with Crippen LogP contribution in [0.4, 0.5) is 5.69 Å². The van der Waals surface area contributed by atoms with Gasteiger partial charge in [0.1, 0.15) is 18.4 Å². The number of sulfonamides is 1. The topological polar surface area (TPSA) is 75.7 Å². The zero-order valence-electron chi connectivity index (χ0n) is 17.0. The highest BCUT2D eigenvalue weighted by atomic mass is 35.5. The molecule has 164 valence electrons. The summed E-state index contributed by atoms with van der Waals surface area (Å²) in [5, 5.41) is 5.25. The van der Waals surface area contributed by atoms with E-state index in [0.29, 0.717) is 10.8 Å². The number of anilines is 1. The minimum atomic E-state index is -3.75. The highest BCUT2D eigenvalue weighted by molar-refractivity contribution is 7.92. The van der Waals surface area contributed by atoms with Crippen molar-refractivity contribution in [2.24, 2.45) is 0 Å². The first-order valence-electron chi connectivity index (χ1n) is 9.51. The fourth-order valence-corrected chi connectivity index (χ4v) is 4.69. The van der Waals surface area contributed by atoms with Crippen molar-refractivity contribution < 1.29 is 17.9 Å². The number of hydrogen-bond acceptors (Lipinski definition) is 4. The van der Waals surface area contributed by atoms with Gasteiger partial charge in [-0.1, -0.05) is 59.6 Å². The summed E-state index contributed by atoms with van der Waals surface area (Å²) in [4.78, 5) is 12.6. The standard InChI is InChI=1S/C22H22Cl2N2O4S/c1-15(26(31(2,28)29)17-10-11-19(23)20(24)14-17)22(27)25-12-13-30-21-9-5-7-16-6-3-4-8-18(16)21/h3-11,14-15H,12-13H2,1-2H3,(H,25,27). The molecule has 1 amide bonds. The molecule has 0 aromatic heterocycles. The first kappa shape index (κ1) is 23.2. The number of halogens is 2. The van der Waals surface area contributed by atoms with Crippen LogP contribution in [-0.4, -0.2) is 39.8 Å². The van der Waals surface area contributed by atoms with Crippen LogP contribution < -0.4 is 14.4 Å². The van der Waals surface area contributed by atoms with Crippen molar-refractivity contribution in [2.45, 2.75) is 13.0 Å². The van der Waals surface area contributed by atoms with Crippen molar-refractivity contribution in [2.75, 3.05) is 23.7 Å². The molecule has 0 aliphatic carbocycles. The van der Waals surface area contributed by atoms with Crippen LogP contribution in [0, 0.1) is 0 Å². The molecule has 1 N–H and O–H groups in total. The molecule has 0 saturated carbocycles. The third kappa shape index (κ3) is 5.61. The van der Waals surface area contributed by atoms with E-state index in [1.165, 1.54) is 25.1 Å². The quantitative estimate of drug-likeness (QED) is 0.481. The van der Waals surface area contributed by atoms with Crippen LogP contribution >= 0.6 is 23.2 Å². The molecule has 0 fully saturated rings. The zero-order valence-corrected chi connectivity index (χ0v) is 19.3. The molecule has 9 heteroatoms. The van der Waals surface area contributed by atoms with E-state index in [9.17, 15) is 13.2 Å². The van der Waals surface area contributed by atoms with E-state index in [4.69, 9.17) is 27.9 Å². The summed E-state index contributed by atoms with van der Waals surface area (Å²) in [6.07, 6.45) is 1.03. The van der Waals surface area contributed by atoms with E-state index in [1.54, 1.807) is 0 Å². The van der Waals surface area contributed by atoms with Crippen molar-refractivity contribution in [3.05, 3.63) is 70.7 Å².